The van der Waals surface area contributed by atoms with Crippen LogP contribution in [-0.4, -0.2) is 17.8 Å². The fourth-order valence-electron chi connectivity index (χ4n) is 10.2. The molecule has 1 aromatic heterocycles. The molecule has 0 amide bonds. The highest BCUT2D eigenvalue weighted by Gasteiger charge is 2.36. The van der Waals surface area contributed by atoms with Crippen LogP contribution in [0.1, 0.15) is 52.2 Å². The first kappa shape index (κ1) is 37.0. The van der Waals surface area contributed by atoms with Crippen LogP contribution in [0.25, 0.3) is 58.4 Å². The van der Waals surface area contributed by atoms with Gasteiger partial charge in [-0.05, 0) is 85.6 Å². The molecule has 8 aromatic carbocycles. The first-order valence-corrected chi connectivity index (χ1v) is 23.0. The van der Waals surface area contributed by atoms with Gasteiger partial charge in [-0.1, -0.05) is 182 Å². The third-order valence-electron chi connectivity index (χ3n) is 13.4. The summed E-state index contributed by atoms with van der Waals surface area (Å²) in [7, 11) is 0. The SMILES string of the molecule is C1=CC(c2ccc3ccccc3c2)CC=C1C1=NC(c2ccccc2)N=C(c2cccc3c(-c4cccc5c4C4C=C(c6ccc7c(c6)sc6ccccc67)C=C[C@@H]4O5)cccc23)N1. The summed E-state index contributed by atoms with van der Waals surface area (Å²) in [6.07, 6.45) is 14.2. The number of benzene rings is 8. The standard InChI is InChI=1S/C59H41N3OS/c1-2-12-38(13-3-1)57-60-58(39-26-23-37(24-27-39)41-28-25-36-11-4-5-14-40(36)33-41)62-59(61-57)50-20-9-16-44-45(17-8-18-46(44)50)49-19-10-21-53-56(49)51-34-42(30-32-52(51)63-53)43-29-31-48-47-15-6-7-22-54(47)64-55(48)35-43/h1-23,25-35,37,51-52,57H,24H2,(H,60,61,62)/t37?,51?,52-,57?/m0/s1. The maximum atomic E-state index is 6.69. The molecule has 64 heavy (non-hydrogen) atoms. The molecule has 2 aliphatic carbocycles. The number of aliphatic imine (C=N–C) groups is 2. The number of hydrogen-bond donors (Lipinski definition) is 1. The summed E-state index contributed by atoms with van der Waals surface area (Å²) in [5, 5.41) is 11.2. The van der Waals surface area contributed by atoms with Gasteiger partial charge in [0.05, 0.1) is 0 Å². The topological polar surface area (TPSA) is 46.0 Å². The smallest absolute Gasteiger partial charge is 0.169 e. The van der Waals surface area contributed by atoms with Crippen LogP contribution >= 0.6 is 11.3 Å². The number of amidine groups is 2. The highest BCUT2D eigenvalue weighted by atomic mass is 32.1. The lowest BCUT2D eigenvalue weighted by atomic mass is 9.82. The molecule has 0 radical (unpaired) electrons. The fourth-order valence-corrected chi connectivity index (χ4v) is 11.4. The summed E-state index contributed by atoms with van der Waals surface area (Å²) in [5.74, 6) is 2.98. The van der Waals surface area contributed by atoms with E-state index in [4.69, 9.17) is 14.7 Å². The molecule has 3 unspecified atom stereocenters. The first-order chi connectivity index (χ1) is 31.7. The fraction of sp³-hybridized carbons (Fsp3) is 0.0847. The van der Waals surface area contributed by atoms with Gasteiger partial charge in [0.2, 0.25) is 0 Å². The summed E-state index contributed by atoms with van der Waals surface area (Å²) < 4.78 is 9.33. The Hall–Kier alpha value is -7.60. The van der Waals surface area contributed by atoms with Gasteiger partial charge in [-0.25, -0.2) is 9.98 Å². The molecule has 1 N–H and O–H groups in total. The van der Waals surface area contributed by atoms with Crippen molar-refractivity contribution in [3.05, 3.63) is 240 Å². The van der Waals surface area contributed by atoms with Crippen LogP contribution in [0.4, 0.5) is 0 Å². The molecule has 9 aromatic rings. The van der Waals surface area contributed by atoms with Crippen molar-refractivity contribution in [2.75, 3.05) is 0 Å². The van der Waals surface area contributed by atoms with E-state index in [1.54, 1.807) is 0 Å². The second-order valence-corrected chi connectivity index (χ2v) is 18.2. The van der Waals surface area contributed by atoms with Crippen molar-refractivity contribution < 1.29 is 4.74 Å². The van der Waals surface area contributed by atoms with Crippen LogP contribution in [0.2, 0.25) is 0 Å². The highest BCUT2D eigenvalue weighted by Crippen LogP contribution is 2.49. The van der Waals surface area contributed by atoms with E-state index in [1.807, 2.05) is 17.4 Å². The van der Waals surface area contributed by atoms with Crippen molar-refractivity contribution >= 4 is 70.3 Å². The normalized spacial score (nSPS) is 20.0. The second-order valence-electron chi connectivity index (χ2n) is 17.2. The van der Waals surface area contributed by atoms with Crippen molar-refractivity contribution in [2.45, 2.75) is 30.5 Å². The third kappa shape index (κ3) is 6.26. The maximum absolute atomic E-state index is 6.69. The number of thiophene rings is 1. The molecular formula is C59H41N3OS. The maximum Gasteiger partial charge on any atom is 0.169 e. The van der Waals surface area contributed by atoms with E-state index in [-0.39, 0.29) is 18.2 Å². The summed E-state index contributed by atoms with van der Waals surface area (Å²) in [6.45, 7) is 0. The van der Waals surface area contributed by atoms with Gasteiger partial charge in [0, 0.05) is 48.7 Å². The molecule has 0 saturated carbocycles. The van der Waals surface area contributed by atoms with E-state index >= 15 is 0 Å². The van der Waals surface area contributed by atoms with Gasteiger partial charge < -0.3 is 10.1 Å². The van der Waals surface area contributed by atoms with Gasteiger partial charge in [0.15, 0.2) is 6.17 Å². The van der Waals surface area contributed by atoms with Crippen molar-refractivity contribution in [3.63, 3.8) is 0 Å². The minimum Gasteiger partial charge on any atom is -0.485 e. The predicted octanol–water partition coefficient (Wildman–Crippen LogP) is 14.6. The Labute approximate surface area is 375 Å². The van der Waals surface area contributed by atoms with Crippen molar-refractivity contribution in [2.24, 2.45) is 9.98 Å². The molecule has 0 fully saturated rings. The Balaban J connectivity index is 0.851. The lowest BCUT2D eigenvalue weighted by Gasteiger charge is -2.25. The van der Waals surface area contributed by atoms with Crippen LogP contribution in [-0.2, 0) is 0 Å². The Bertz CT molecular complexity index is 3570. The van der Waals surface area contributed by atoms with E-state index < -0.39 is 0 Å². The zero-order valence-corrected chi connectivity index (χ0v) is 35.7. The number of nitrogens with one attached hydrogen (secondary N) is 1. The lowest BCUT2D eigenvalue weighted by Crippen LogP contribution is -2.36. The molecule has 2 aliphatic heterocycles. The molecule has 3 heterocycles. The minimum atomic E-state index is -0.384. The van der Waals surface area contributed by atoms with E-state index in [0.29, 0.717) is 5.92 Å². The van der Waals surface area contributed by atoms with Crippen LogP contribution in [0.3, 0.4) is 0 Å². The summed E-state index contributed by atoms with van der Waals surface area (Å²) >= 11 is 1.86. The Morgan fingerprint density at radius 2 is 1.27 bits per heavy atom. The number of nitrogens with zero attached hydrogens (tertiary/aromatic N) is 2. The van der Waals surface area contributed by atoms with Gasteiger partial charge in [0.25, 0.3) is 0 Å². The Morgan fingerprint density at radius 1 is 0.531 bits per heavy atom. The van der Waals surface area contributed by atoms with Crippen molar-refractivity contribution in [1.82, 2.24) is 5.32 Å². The summed E-state index contributed by atoms with van der Waals surface area (Å²) in [4.78, 5) is 10.6. The van der Waals surface area contributed by atoms with Gasteiger partial charge in [-0.3, -0.25) is 0 Å². The van der Waals surface area contributed by atoms with Gasteiger partial charge in [0.1, 0.15) is 23.5 Å². The van der Waals surface area contributed by atoms with Crippen LogP contribution in [0.15, 0.2) is 222 Å². The molecular weight excluding hydrogens is 799 g/mol. The molecule has 304 valence electrons. The van der Waals surface area contributed by atoms with Crippen LogP contribution < -0.4 is 10.1 Å². The molecule has 0 spiro atoms. The third-order valence-corrected chi connectivity index (χ3v) is 14.6. The lowest BCUT2D eigenvalue weighted by molar-refractivity contribution is 0.269. The largest absolute Gasteiger partial charge is 0.485 e. The first-order valence-electron chi connectivity index (χ1n) is 22.2. The van der Waals surface area contributed by atoms with E-state index in [0.717, 1.165) is 45.9 Å². The quantitative estimate of drug-likeness (QED) is 0.181. The van der Waals surface area contributed by atoms with Gasteiger partial charge >= 0.3 is 0 Å². The zero-order valence-electron chi connectivity index (χ0n) is 34.9. The van der Waals surface area contributed by atoms with Crippen molar-refractivity contribution in [1.29, 1.82) is 0 Å². The molecule has 4 aliphatic rings. The van der Waals surface area contributed by atoms with Crippen molar-refractivity contribution in [3.8, 4) is 16.9 Å². The molecule has 4 nitrogen and oxygen atoms in total. The second kappa shape index (κ2) is 15.0. The highest BCUT2D eigenvalue weighted by molar-refractivity contribution is 7.25. The number of hydrogen-bond acceptors (Lipinski definition) is 5. The van der Waals surface area contributed by atoms with Gasteiger partial charge in [-0.15, -0.1) is 11.3 Å². The van der Waals surface area contributed by atoms with E-state index in [2.05, 4.69) is 206 Å². The van der Waals surface area contributed by atoms with Gasteiger partial charge in [-0.2, -0.15) is 0 Å². The number of allylic oxidation sites excluding steroid dienone is 4. The number of rotatable bonds is 6. The van der Waals surface area contributed by atoms with Crippen LogP contribution in [0.5, 0.6) is 5.75 Å². The summed E-state index contributed by atoms with van der Waals surface area (Å²) in [6, 6.07) is 61.2. The monoisotopic (exact) mass is 839 g/mol. The number of fused-ring (bicyclic) bond motifs is 8. The van der Waals surface area contributed by atoms with E-state index in [9.17, 15) is 0 Å². The molecule has 0 bridgehead atoms. The minimum absolute atomic E-state index is 0.0575. The number of ether oxygens (including phenoxy) is 1. The average molecular weight is 840 g/mol. The summed E-state index contributed by atoms with van der Waals surface area (Å²) in [5.41, 5.74) is 10.6. The average Bonchev–Trinajstić information content (AvgIpc) is 3.94. The van der Waals surface area contributed by atoms with E-state index in [1.165, 1.54) is 69.7 Å². The molecule has 4 atom stereocenters. The molecule has 0 saturated heterocycles. The Kier molecular flexibility index (Phi) is 8.70. The molecule has 13 rings (SSSR count). The van der Waals surface area contributed by atoms with Crippen LogP contribution in [0, 0.1) is 0 Å². The predicted molar refractivity (Wildman–Crippen MR) is 268 cm³/mol. The molecule has 5 heteroatoms. The zero-order chi connectivity index (χ0) is 42.1. The Morgan fingerprint density at radius 3 is 2.16 bits per heavy atom.